The molecule has 1 saturated heterocycles. The maximum absolute atomic E-state index is 12.7. The molecule has 4 rings (SSSR count). The van der Waals surface area contributed by atoms with Gasteiger partial charge in [-0.2, -0.15) is 4.31 Å². The number of carbonyl (C=O) groups excluding carboxylic acids is 1. The molecule has 8 heteroatoms. The van der Waals surface area contributed by atoms with Crippen LogP contribution >= 0.6 is 0 Å². The molecular weight excluding hydrogens is 390 g/mol. The van der Waals surface area contributed by atoms with Crippen LogP contribution in [-0.4, -0.2) is 43.3 Å². The summed E-state index contributed by atoms with van der Waals surface area (Å²) >= 11 is 0. The first-order valence-electron chi connectivity index (χ1n) is 9.41. The highest BCUT2D eigenvalue weighted by Gasteiger charge is 2.27. The van der Waals surface area contributed by atoms with Crippen LogP contribution in [0.25, 0.3) is 10.9 Å². The number of hydrogen-bond donors (Lipinski definition) is 1. The number of fused-ring (bicyclic) bond motifs is 1. The van der Waals surface area contributed by atoms with E-state index in [0.29, 0.717) is 30.0 Å². The molecule has 2 aromatic carbocycles. The van der Waals surface area contributed by atoms with E-state index in [1.807, 2.05) is 24.3 Å². The molecule has 1 fully saturated rings. The van der Waals surface area contributed by atoms with Crippen molar-refractivity contribution in [2.75, 3.05) is 25.0 Å². The molecule has 0 spiro atoms. The number of para-hydroxylation sites is 1. The minimum absolute atomic E-state index is 0.177. The van der Waals surface area contributed by atoms with Crippen LogP contribution in [0.15, 0.2) is 65.7 Å². The van der Waals surface area contributed by atoms with Crippen LogP contribution < -0.4 is 10.1 Å². The van der Waals surface area contributed by atoms with Gasteiger partial charge in [0.15, 0.2) is 6.61 Å². The lowest BCUT2D eigenvalue weighted by molar-refractivity contribution is -0.118. The summed E-state index contributed by atoms with van der Waals surface area (Å²) in [5, 5.41) is 3.62. The molecule has 150 valence electrons. The van der Waals surface area contributed by atoms with Crippen LogP contribution in [0.2, 0.25) is 0 Å². The largest absolute Gasteiger partial charge is 0.481 e. The number of pyridine rings is 1. The maximum atomic E-state index is 12.7. The van der Waals surface area contributed by atoms with Crippen molar-refractivity contribution in [1.82, 2.24) is 9.29 Å². The summed E-state index contributed by atoms with van der Waals surface area (Å²) in [5.74, 6) is 0.136. The van der Waals surface area contributed by atoms with E-state index in [4.69, 9.17) is 4.74 Å². The molecule has 29 heavy (non-hydrogen) atoms. The average molecular weight is 411 g/mol. The van der Waals surface area contributed by atoms with Gasteiger partial charge in [0.25, 0.3) is 5.91 Å². The van der Waals surface area contributed by atoms with E-state index in [1.165, 1.54) is 10.4 Å². The van der Waals surface area contributed by atoms with Crippen molar-refractivity contribution in [3.8, 4) is 5.75 Å². The Morgan fingerprint density at radius 2 is 1.83 bits per heavy atom. The van der Waals surface area contributed by atoms with Gasteiger partial charge in [0.05, 0.1) is 4.90 Å². The second-order valence-electron chi connectivity index (χ2n) is 6.81. The molecule has 0 saturated carbocycles. The summed E-state index contributed by atoms with van der Waals surface area (Å²) < 4.78 is 32.5. The third-order valence-corrected chi connectivity index (χ3v) is 6.67. The lowest BCUT2D eigenvalue weighted by Crippen LogP contribution is -2.28. The van der Waals surface area contributed by atoms with Gasteiger partial charge in [0, 0.05) is 30.4 Å². The van der Waals surface area contributed by atoms with E-state index in [9.17, 15) is 13.2 Å². The molecule has 1 amide bonds. The first kappa shape index (κ1) is 19.4. The number of nitrogens with zero attached hydrogens (tertiary/aromatic N) is 2. The molecule has 0 aliphatic carbocycles. The summed E-state index contributed by atoms with van der Waals surface area (Å²) in [6.45, 7) is 0.858. The lowest BCUT2D eigenvalue weighted by Gasteiger charge is -2.16. The molecule has 1 aliphatic rings. The van der Waals surface area contributed by atoms with Gasteiger partial charge in [-0.05, 0) is 43.2 Å². The van der Waals surface area contributed by atoms with Gasteiger partial charge in [-0.3, -0.25) is 9.78 Å². The Labute approximate surface area is 169 Å². The van der Waals surface area contributed by atoms with Crippen LogP contribution in [0, 0.1) is 0 Å². The number of hydrogen-bond acceptors (Lipinski definition) is 5. The van der Waals surface area contributed by atoms with Gasteiger partial charge in [0.2, 0.25) is 10.0 Å². The Balaban J connectivity index is 1.43. The van der Waals surface area contributed by atoms with Crippen LogP contribution in [0.5, 0.6) is 5.75 Å². The highest BCUT2D eigenvalue weighted by Crippen LogP contribution is 2.24. The zero-order valence-corrected chi connectivity index (χ0v) is 16.6. The predicted octanol–water partition coefficient (Wildman–Crippen LogP) is 3.04. The number of nitrogens with one attached hydrogen (secondary N) is 1. The third-order valence-electron chi connectivity index (χ3n) is 4.78. The number of sulfonamides is 1. The zero-order chi connectivity index (χ0) is 20.3. The van der Waals surface area contributed by atoms with Crippen LogP contribution in [-0.2, 0) is 14.8 Å². The van der Waals surface area contributed by atoms with Gasteiger partial charge < -0.3 is 10.1 Å². The molecule has 0 bridgehead atoms. The van der Waals surface area contributed by atoms with Crippen molar-refractivity contribution in [2.24, 2.45) is 0 Å². The van der Waals surface area contributed by atoms with Crippen LogP contribution in [0.1, 0.15) is 12.8 Å². The highest BCUT2D eigenvalue weighted by atomic mass is 32.2. The quantitative estimate of drug-likeness (QED) is 0.674. The van der Waals surface area contributed by atoms with Crippen molar-refractivity contribution in [3.63, 3.8) is 0 Å². The number of benzene rings is 2. The van der Waals surface area contributed by atoms with E-state index in [-0.39, 0.29) is 17.4 Å². The molecule has 1 N–H and O–H groups in total. The zero-order valence-electron chi connectivity index (χ0n) is 15.7. The number of anilines is 1. The standard InChI is InChI=1S/C21H21N3O4S/c25-20(15-28-19-10-3-6-16-7-5-11-22-21(16)19)23-17-8-4-9-18(14-17)29(26,27)24-12-1-2-13-24/h3-11,14H,1-2,12-13,15H2,(H,23,25). The van der Waals surface area contributed by atoms with Crippen molar-refractivity contribution >= 4 is 32.5 Å². The minimum atomic E-state index is -3.53. The predicted molar refractivity (Wildman–Crippen MR) is 110 cm³/mol. The Morgan fingerprint density at radius 3 is 2.66 bits per heavy atom. The Morgan fingerprint density at radius 1 is 1.07 bits per heavy atom. The van der Waals surface area contributed by atoms with Gasteiger partial charge >= 0.3 is 0 Å². The van der Waals surface area contributed by atoms with Gasteiger partial charge in [0.1, 0.15) is 11.3 Å². The maximum Gasteiger partial charge on any atom is 0.262 e. The molecular formula is C21H21N3O4S. The highest BCUT2D eigenvalue weighted by molar-refractivity contribution is 7.89. The smallest absolute Gasteiger partial charge is 0.262 e. The summed E-state index contributed by atoms with van der Waals surface area (Å²) in [6.07, 6.45) is 3.41. The second-order valence-corrected chi connectivity index (χ2v) is 8.75. The van der Waals surface area contributed by atoms with Crippen LogP contribution in [0.4, 0.5) is 5.69 Å². The Kier molecular flexibility index (Phi) is 5.46. The number of aromatic nitrogens is 1. The fraction of sp³-hybridized carbons (Fsp3) is 0.238. The number of rotatable bonds is 6. The first-order chi connectivity index (χ1) is 14.0. The average Bonchev–Trinajstić information content (AvgIpc) is 3.28. The lowest BCUT2D eigenvalue weighted by atomic mass is 10.2. The van der Waals surface area contributed by atoms with E-state index < -0.39 is 10.0 Å². The van der Waals surface area contributed by atoms with E-state index in [2.05, 4.69) is 10.3 Å². The molecule has 2 heterocycles. The fourth-order valence-corrected chi connectivity index (χ4v) is 4.91. The van der Waals surface area contributed by atoms with Crippen molar-refractivity contribution < 1.29 is 17.9 Å². The van der Waals surface area contributed by atoms with Gasteiger partial charge in [-0.15, -0.1) is 0 Å². The molecule has 3 aromatic rings. The monoisotopic (exact) mass is 411 g/mol. The summed E-state index contributed by atoms with van der Waals surface area (Å²) in [7, 11) is -3.53. The Hall–Kier alpha value is -2.97. The summed E-state index contributed by atoms with van der Waals surface area (Å²) in [5.41, 5.74) is 1.09. The number of amides is 1. The fourth-order valence-electron chi connectivity index (χ4n) is 3.34. The normalized spacial score (nSPS) is 14.8. The van der Waals surface area contributed by atoms with E-state index in [1.54, 1.807) is 30.5 Å². The van der Waals surface area contributed by atoms with Crippen molar-refractivity contribution in [1.29, 1.82) is 0 Å². The molecule has 7 nitrogen and oxygen atoms in total. The van der Waals surface area contributed by atoms with Gasteiger partial charge in [-0.25, -0.2) is 8.42 Å². The summed E-state index contributed by atoms with van der Waals surface area (Å²) in [4.78, 5) is 16.8. The topological polar surface area (TPSA) is 88.6 Å². The SMILES string of the molecule is O=C(COc1cccc2cccnc12)Nc1cccc(S(=O)(=O)N2CCCC2)c1. The van der Waals surface area contributed by atoms with E-state index in [0.717, 1.165) is 18.2 Å². The number of ether oxygens (including phenoxy) is 1. The molecule has 1 aliphatic heterocycles. The molecule has 0 atom stereocenters. The summed E-state index contributed by atoms with van der Waals surface area (Å²) in [6, 6.07) is 15.6. The minimum Gasteiger partial charge on any atom is -0.481 e. The molecule has 1 aromatic heterocycles. The second kappa shape index (κ2) is 8.18. The third kappa shape index (κ3) is 4.23. The molecule has 0 radical (unpaired) electrons. The van der Waals surface area contributed by atoms with Crippen molar-refractivity contribution in [2.45, 2.75) is 17.7 Å². The Bertz CT molecular complexity index is 1140. The van der Waals surface area contributed by atoms with Crippen molar-refractivity contribution in [3.05, 3.63) is 60.8 Å². The van der Waals surface area contributed by atoms with E-state index >= 15 is 0 Å². The van der Waals surface area contributed by atoms with Crippen LogP contribution in [0.3, 0.4) is 0 Å². The molecule has 0 unspecified atom stereocenters. The first-order valence-corrected chi connectivity index (χ1v) is 10.8. The van der Waals surface area contributed by atoms with Gasteiger partial charge in [-0.1, -0.05) is 24.3 Å². The number of carbonyl (C=O) groups is 1.